The minimum atomic E-state index is -0.667. The first-order valence-corrected chi connectivity index (χ1v) is 12.2. The van der Waals surface area contributed by atoms with E-state index in [-0.39, 0.29) is 23.8 Å². The first-order valence-electron chi connectivity index (χ1n) is 12.2. The summed E-state index contributed by atoms with van der Waals surface area (Å²) in [6.45, 7) is 5.93. The summed E-state index contributed by atoms with van der Waals surface area (Å²) in [5.74, 6) is 0.452. The van der Waals surface area contributed by atoms with Gasteiger partial charge in [0.1, 0.15) is 23.1 Å². The average Bonchev–Trinajstić information content (AvgIpc) is 3.66. The third-order valence-corrected chi connectivity index (χ3v) is 6.40. The van der Waals surface area contributed by atoms with E-state index in [2.05, 4.69) is 15.3 Å². The van der Waals surface area contributed by atoms with Gasteiger partial charge in [-0.25, -0.2) is 18.7 Å². The van der Waals surface area contributed by atoms with E-state index in [1.807, 2.05) is 19.9 Å². The van der Waals surface area contributed by atoms with Crippen LogP contribution < -0.4 is 14.8 Å². The molecule has 1 aliphatic rings. The number of nitrogens with zero attached hydrogens (tertiary/aromatic N) is 5. The molecule has 3 aromatic heterocycles. The number of pyridine rings is 1. The smallest absolute Gasteiger partial charge is 0.182 e. The highest BCUT2D eigenvalue weighted by Gasteiger charge is 2.32. The number of methoxy groups -OCH3 is 1. The Hall–Kier alpha value is -4.08. The van der Waals surface area contributed by atoms with Crippen molar-refractivity contribution in [2.75, 3.05) is 19.0 Å². The number of aromatic nitrogens is 5. The predicted molar refractivity (Wildman–Crippen MR) is 135 cm³/mol. The van der Waals surface area contributed by atoms with E-state index in [4.69, 9.17) is 19.6 Å². The number of ether oxygens (including phenoxy) is 2. The van der Waals surface area contributed by atoms with Crippen LogP contribution in [-0.2, 0) is 6.54 Å². The van der Waals surface area contributed by atoms with Crippen molar-refractivity contribution in [3.63, 3.8) is 0 Å². The van der Waals surface area contributed by atoms with Gasteiger partial charge in [-0.1, -0.05) is 0 Å². The topological polar surface area (TPSA) is 87.0 Å². The summed E-state index contributed by atoms with van der Waals surface area (Å²) in [5, 5.41) is 8.03. The second-order valence-corrected chi connectivity index (χ2v) is 9.02. The predicted octanol–water partition coefficient (Wildman–Crippen LogP) is 5.71. The maximum Gasteiger partial charge on any atom is 0.182 e. The fourth-order valence-electron chi connectivity index (χ4n) is 4.37. The van der Waals surface area contributed by atoms with Gasteiger partial charge in [0.15, 0.2) is 17.4 Å². The summed E-state index contributed by atoms with van der Waals surface area (Å²) < 4.78 is 42.1. The molecule has 1 aromatic carbocycles. The van der Waals surface area contributed by atoms with Gasteiger partial charge in [0.25, 0.3) is 0 Å². The average molecular weight is 507 g/mol. The normalized spacial score (nSPS) is 13.0. The van der Waals surface area contributed by atoms with Crippen molar-refractivity contribution in [1.82, 2.24) is 24.7 Å². The van der Waals surface area contributed by atoms with Crippen LogP contribution in [0.5, 0.6) is 11.5 Å². The number of aryl methyl sites for hydroxylation is 1. The van der Waals surface area contributed by atoms with E-state index in [0.29, 0.717) is 29.7 Å². The van der Waals surface area contributed by atoms with Crippen molar-refractivity contribution in [2.45, 2.75) is 46.1 Å². The van der Waals surface area contributed by atoms with Gasteiger partial charge < -0.3 is 14.8 Å². The highest BCUT2D eigenvalue weighted by Crippen LogP contribution is 2.44. The zero-order valence-electron chi connectivity index (χ0n) is 21.2. The lowest BCUT2D eigenvalue weighted by Crippen LogP contribution is -2.10. The fourth-order valence-corrected chi connectivity index (χ4v) is 4.37. The molecule has 8 nitrogen and oxygen atoms in total. The van der Waals surface area contributed by atoms with Crippen LogP contribution in [0.1, 0.15) is 48.1 Å². The Morgan fingerprint density at radius 2 is 1.89 bits per heavy atom. The number of halogens is 2. The van der Waals surface area contributed by atoms with Crippen molar-refractivity contribution in [3.8, 4) is 23.0 Å². The summed E-state index contributed by atoms with van der Waals surface area (Å²) in [7, 11) is 1.55. The number of benzene rings is 1. The second kappa shape index (κ2) is 10.1. The van der Waals surface area contributed by atoms with Gasteiger partial charge in [0.2, 0.25) is 0 Å². The lowest BCUT2D eigenvalue weighted by Gasteiger charge is -2.12. The molecule has 0 atom stereocenters. The SMILES string of the molecule is CCOc1cc(F)c(Cn2nc(-c3ncc(OC)c(Nc4ccncc4C)n3)c(C)c2C2CC2)c(F)c1. The monoisotopic (exact) mass is 506 g/mol. The zero-order chi connectivity index (χ0) is 26.1. The van der Waals surface area contributed by atoms with Crippen molar-refractivity contribution in [1.29, 1.82) is 0 Å². The molecule has 0 unspecified atom stereocenters. The van der Waals surface area contributed by atoms with Gasteiger partial charge in [-0.2, -0.15) is 5.10 Å². The summed E-state index contributed by atoms with van der Waals surface area (Å²) >= 11 is 0. The molecule has 1 saturated carbocycles. The molecular weight excluding hydrogens is 478 g/mol. The van der Waals surface area contributed by atoms with E-state index in [1.54, 1.807) is 37.3 Å². The van der Waals surface area contributed by atoms with Gasteiger partial charge in [-0.15, -0.1) is 0 Å². The molecule has 5 rings (SSSR count). The Kier molecular flexibility index (Phi) is 6.73. The van der Waals surface area contributed by atoms with Crippen molar-refractivity contribution >= 4 is 11.5 Å². The molecular formula is C27H28F2N6O2. The lowest BCUT2D eigenvalue weighted by molar-refractivity contribution is 0.335. The van der Waals surface area contributed by atoms with Crippen LogP contribution >= 0.6 is 0 Å². The third kappa shape index (κ3) is 4.96. The quantitative estimate of drug-likeness (QED) is 0.311. The third-order valence-electron chi connectivity index (χ3n) is 6.40. The van der Waals surface area contributed by atoms with Crippen LogP contribution in [0.15, 0.2) is 36.8 Å². The molecule has 4 aromatic rings. The highest BCUT2D eigenvalue weighted by molar-refractivity contribution is 5.67. The number of hydrogen-bond donors (Lipinski definition) is 1. The van der Waals surface area contributed by atoms with Gasteiger partial charge in [-0.3, -0.25) is 9.67 Å². The largest absolute Gasteiger partial charge is 0.494 e. The van der Waals surface area contributed by atoms with Crippen molar-refractivity contribution in [3.05, 3.63) is 70.8 Å². The Morgan fingerprint density at radius 1 is 1.14 bits per heavy atom. The molecule has 0 saturated heterocycles. The van der Waals surface area contributed by atoms with Crippen LogP contribution in [0.25, 0.3) is 11.5 Å². The maximum atomic E-state index is 14.9. The van der Waals surface area contributed by atoms with Gasteiger partial charge in [-0.05, 0) is 45.2 Å². The zero-order valence-corrected chi connectivity index (χ0v) is 21.2. The van der Waals surface area contributed by atoms with Crippen LogP contribution in [0.2, 0.25) is 0 Å². The van der Waals surface area contributed by atoms with Gasteiger partial charge in [0.05, 0.1) is 26.5 Å². The molecule has 37 heavy (non-hydrogen) atoms. The van der Waals surface area contributed by atoms with Crippen molar-refractivity contribution in [2.24, 2.45) is 0 Å². The Labute approximate surface area is 213 Å². The molecule has 0 spiro atoms. The highest BCUT2D eigenvalue weighted by atomic mass is 19.1. The molecule has 0 radical (unpaired) electrons. The van der Waals surface area contributed by atoms with E-state index in [0.717, 1.165) is 35.3 Å². The first-order chi connectivity index (χ1) is 17.9. The van der Waals surface area contributed by atoms with Crippen LogP contribution in [0.4, 0.5) is 20.3 Å². The molecule has 1 aliphatic carbocycles. The molecule has 0 bridgehead atoms. The molecule has 0 amide bonds. The van der Waals surface area contributed by atoms with E-state index >= 15 is 0 Å². The molecule has 1 fully saturated rings. The van der Waals surface area contributed by atoms with Crippen LogP contribution in [-0.4, -0.2) is 38.4 Å². The standard InChI is InChI=1S/C27H28F2N6O2/c1-5-37-18-10-20(28)19(21(29)11-18)14-35-25(17-6-7-17)16(3)24(34-35)27-31-13-23(36-4)26(33-27)32-22-8-9-30-12-15(22)2/h8-13,17H,5-7,14H2,1-4H3,(H,30,31,32,33). The van der Waals surface area contributed by atoms with E-state index in [9.17, 15) is 8.78 Å². The number of hydrogen-bond acceptors (Lipinski definition) is 7. The summed E-state index contributed by atoms with van der Waals surface area (Å²) in [6, 6.07) is 4.27. The van der Waals surface area contributed by atoms with Crippen LogP contribution in [0.3, 0.4) is 0 Å². The lowest BCUT2D eigenvalue weighted by atomic mass is 10.1. The molecule has 0 aliphatic heterocycles. The second-order valence-electron chi connectivity index (χ2n) is 9.02. The number of rotatable bonds is 9. The van der Waals surface area contributed by atoms with E-state index < -0.39 is 11.6 Å². The van der Waals surface area contributed by atoms with Crippen LogP contribution in [0, 0.1) is 25.5 Å². The summed E-state index contributed by atoms with van der Waals surface area (Å²) in [5.41, 5.74) is 4.12. The van der Waals surface area contributed by atoms with Crippen molar-refractivity contribution < 1.29 is 18.3 Å². The minimum absolute atomic E-state index is 0.0474. The Balaban J connectivity index is 1.53. The summed E-state index contributed by atoms with van der Waals surface area (Å²) in [4.78, 5) is 13.3. The van der Waals surface area contributed by atoms with Gasteiger partial charge >= 0.3 is 0 Å². The first kappa shape index (κ1) is 24.6. The fraction of sp³-hybridized carbons (Fsp3) is 0.333. The molecule has 1 N–H and O–H groups in total. The molecule has 192 valence electrons. The Morgan fingerprint density at radius 3 is 2.54 bits per heavy atom. The van der Waals surface area contributed by atoms with Gasteiger partial charge in [0, 0.05) is 53.0 Å². The molecule has 3 heterocycles. The number of anilines is 2. The molecule has 10 heteroatoms. The number of nitrogens with one attached hydrogen (secondary N) is 1. The maximum absolute atomic E-state index is 14.9. The summed E-state index contributed by atoms with van der Waals surface area (Å²) in [6.07, 6.45) is 7.03. The van der Waals surface area contributed by atoms with E-state index in [1.165, 1.54) is 12.1 Å². The Bertz CT molecular complexity index is 1430. The minimum Gasteiger partial charge on any atom is -0.494 e.